The molecule has 0 aliphatic rings. The van der Waals surface area contributed by atoms with E-state index in [9.17, 15) is 27.2 Å². The van der Waals surface area contributed by atoms with Gasteiger partial charge in [0.25, 0.3) is 11.5 Å². The second-order valence-corrected chi connectivity index (χ2v) is 7.07. The number of aromatic nitrogens is 1. The van der Waals surface area contributed by atoms with Crippen LogP contribution in [-0.2, 0) is 12.7 Å². The number of alkyl halides is 3. The number of halogens is 5. The third-order valence-electron chi connectivity index (χ3n) is 4.06. The summed E-state index contributed by atoms with van der Waals surface area (Å²) >= 11 is 3.12. The molecule has 150 valence electrons. The van der Waals surface area contributed by atoms with Gasteiger partial charge in [-0.25, -0.2) is 4.39 Å². The summed E-state index contributed by atoms with van der Waals surface area (Å²) < 4.78 is 53.6. The van der Waals surface area contributed by atoms with E-state index in [1.165, 1.54) is 41.1 Å². The molecule has 4 nitrogen and oxygen atoms in total. The van der Waals surface area contributed by atoms with Crippen molar-refractivity contribution in [3.05, 3.63) is 98.1 Å². The van der Waals surface area contributed by atoms with Gasteiger partial charge in [0.15, 0.2) is 0 Å². The average Bonchev–Trinajstić information content (AvgIpc) is 2.65. The van der Waals surface area contributed by atoms with Gasteiger partial charge in [-0.05, 0) is 42.0 Å². The molecule has 3 aromatic rings. The lowest BCUT2D eigenvalue weighted by molar-refractivity contribution is -0.137. The zero-order valence-electron chi connectivity index (χ0n) is 14.6. The second kappa shape index (κ2) is 8.20. The van der Waals surface area contributed by atoms with Crippen LogP contribution in [0.5, 0.6) is 0 Å². The van der Waals surface area contributed by atoms with Crippen molar-refractivity contribution in [2.75, 3.05) is 5.32 Å². The molecule has 0 saturated heterocycles. The fraction of sp³-hybridized carbons (Fsp3) is 0.100. The summed E-state index contributed by atoms with van der Waals surface area (Å²) in [4.78, 5) is 24.5. The molecule has 0 bridgehead atoms. The van der Waals surface area contributed by atoms with Crippen molar-refractivity contribution in [2.24, 2.45) is 0 Å². The summed E-state index contributed by atoms with van der Waals surface area (Å²) in [6.07, 6.45) is -3.18. The number of carbonyl (C=O) groups excluding carboxylic acids is 1. The lowest BCUT2D eigenvalue weighted by Crippen LogP contribution is -2.22. The molecule has 0 aliphatic heterocycles. The van der Waals surface area contributed by atoms with Crippen LogP contribution in [0, 0.1) is 5.82 Å². The van der Waals surface area contributed by atoms with Gasteiger partial charge in [0.1, 0.15) is 5.82 Å². The van der Waals surface area contributed by atoms with Crippen LogP contribution in [0.25, 0.3) is 0 Å². The summed E-state index contributed by atoms with van der Waals surface area (Å²) in [7, 11) is 0. The SMILES string of the molecule is O=C(Nc1ccc(Br)cc1F)c1ccc(=O)n(Cc2ccc(C(F)(F)F)cc2)c1. The number of amides is 1. The Hall–Kier alpha value is -2.94. The molecular formula is C20H13BrF4N2O2. The molecule has 1 heterocycles. The summed E-state index contributed by atoms with van der Waals surface area (Å²) in [5, 5.41) is 2.41. The molecule has 0 aliphatic carbocycles. The number of nitrogens with zero attached hydrogens (tertiary/aromatic N) is 1. The minimum absolute atomic E-state index is 0.0231. The Kier molecular flexibility index (Phi) is 5.88. The molecule has 0 saturated carbocycles. The first kappa shape index (κ1) is 20.8. The van der Waals surface area contributed by atoms with Crippen molar-refractivity contribution < 1.29 is 22.4 Å². The van der Waals surface area contributed by atoms with Crippen LogP contribution in [0.4, 0.5) is 23.2 Å². The van der Waals surface area contributed by atoms with Crippen LogP contribution in [0.3, 0.4) is 0 Å². The zero-order valence-corrected chi connectivity index (χ0v) is 16.2. The molecule has 1 N–H and O–H groups in total. The van der Waals surface area contributed by atoms with E-state index >= 15 is 0 Å². The van der Waals surface area contributed by atoms with E-state index in [0.29, 0.717) is 10.0 Å². The molecule has 2 aromatic carbocycles. The van der Waals surface area contributed by atoms with Gasteiger partial charge < -0.3 is 9.88 Å². The zero-order chi connectivity index (χ0) is 21.2. The maximum absolute atomic E-state index is 13.9. The fourth-order valence-corrected chi connectivity index (χ4v) is 2.90. The van der Waals surface area contributed by atoms with Crippen molar-refractivity contribution in [1.82, 2.24) is 4.57 Å². The standard InChI is InChI=1S/C20H13BrF4N2O2/c21-15-6-7-17(16(22)9-15)26-19(29)13-3-8-18(28)27(11-13)10-12-1-4-14(5-2-12)20(23,24)25/h1-9,11H,10H2,(H,26,29). The highest BCUT2D eigenvalue weighted by atomic mass is 79.9. The third-order valence-corrected chi connectivity index (χ3v) is 4.55. The van der Waals surface area contributed by atoms with Crippen molar-refractivity contribution in [3.63, 3.8) is 0 Å². The van der Waals surface area contributed by atoms with Gasteiger partial charge in [-0.15, -0.1) is 0 Å². The van der Waals surface area contributed by atoms with Gasteiger partial charge in [-0.3, -0.25) is 9.59 Å². The highest BCUT2D eigenvalue weighted by molar-refractivity contribution is 9.10. The minimum Gasteiger partial charge on any atom is -0.319 e. The molecule has 0 fully saturated rings. The smallest absolute Gasteiger partial charge is 0.319 e. The van der Waals surface area contributed by atoms with E-state index in [0.717, 1.165) is 18.2 Å². The Morgan fingerprint density at radius 2 is 1.72 bits per heavy atom. The monoisotopic (exact) mass is 468 g/mol. The predicted octanol–water partition coefficient (Wildman–Crippen LogP) is 5.07. The molecule has 1 aromatic heterocycles. The molecular weight excluding hydrogens is 456 g/mol. The first-order chi connectivity index (χ1) is 13.6. The number of rotatable bonds is 4. The number of hydrogen-bond donors (Lipinski definition) is 1. The van der Waals surface area contributed by atoms with Gasteiger partial charge in [0.05, 0.1) is 23.4 Å². The fourth-order valence-electron chi connectivity index (χ4n) is 2.57. The van der Waals surface area contributed by atoms with E-state index in [1.807, 2.05) is 0 Å². The predicted molar refractivity (Wildman–Crippen MR) is 103 cm³/mol. The maximum Gasteiger partial charge on any atom is 0.416 e. The average molecular weight is 469 g/mol. The number of benzene rings is 2. The van der Waals surface area contributed by atoms with Crippen molar-refractivity contribution in [1.29, 1.82) is 0 Å². The Morgan fingerprint density at radius 3 is 2.34 bits per heavy atom. The maximum atomic E-state index is 13.9. The highest BCUT2D eigenvalue weighted by Crippen LogP contribution is 2.29. The van der Waals surface area contributed by atoms with E-state index in [4.69, 9.17) is 0 Å². The van der Waals surface area contributed by atoms with Crippen molar-refractivity contribution in [2.45, 2.75) is 12.7 Å². The van der Waals surface area contributed by atoms with Crippen LogP contribution >= 0.6 is 15.9 Å². The lowest BCUT2D eigenvalue weighted by Gasteiger charge is -2.11. The van der Waals surface area contributed by atoms with Gasteiger partial charge in [-0.2, -0.15) is 13.2 Å². The number of pyridine rings is 1. The lowest BCUT2D eigenvalue weighted by atomic mass is 10.1. The second-order valence-electron chi connectivity index (χ2n) is 6.16. The Bertz CT molecular complexity index is 1110. The van der Waals surface area contributed by atoms with E-state index in [2.05, 4.69) is 21.2 Å². The number of carbonyl (C=O) groups is 1. The van der Waals surface area contributed by atoms with Crippen LogP contribution in [0.15, 0.2) is 70.1 Å². The molecule has 0 atom stereocenters. The van der Waals surface area contributed by atoms with Gasteiger partial charge in [-0.1, -0.05) is 28.1 Å². The summed E-state index contributed by atoms with van der Waals surface area (Å²) in [6.45, 7) is -0.0231. The Morgan fingerprint density at radius 1 is 1.03 bits per heavy atom. The molecule has 0 unspecified atom stereocenters. The molecule has 29 heavy (non-hydrogen) atoms. The minimum atomic E-state index is -4.45. The summed E-state index contributed by atoms with van der Waals surface area (Å²) in [5.41, 5.74) is -0.705. The molecule has 0 radical (unpaired) electrons. The van der Waals surface area contributed by atoms with E-state index in [1.54, 1.807) is 6.07 Å². The van der Waals surface area contributed by atoms with E-state index < -0.39 is 29.0 Å². The van der Waals surface area contributed by atoms with Crippen molar-refractivity contribution >= 4 is 27.5 Å². The molecule has 0 spiro atoms. The van der Waals surface area contributed by atoms with Gasteiger partial charge >= 0.3 is 6.18 Å². The first-order valence-electron chi connectivity index (χ1n) is 8.26. The van der Waals surface area contributed by atoms with Crippen LogP contribution < -0.4 is 10.9 Å². The third kappa shape index (κ3) is 5.11. The van der Waals surface area contributed by atoms with Crippen LogP contribution in [0.1, 0.15) is 21.5 Å². The van der Waals surface area contributed by atoms with Crippen molar-refractivity contribution in [3.8, 4) is 0 Å². The Balaban J connectivity index is 1.80. The highest BCUT2D eigenvalue weighted by Gasteiger charge is 2.29. The summed E-state index contributed by atoms with van der Waals surface area (Å²) in [5.74, 6) is -1.27. The van der Waals surface area contributed by atoms with Crippen LogP contribution in [-0.4, -0.2) is 10.5 Å². The molecule has 9 heteroatoms. The molecule has 1 amide bonds. The normalized spacial score (nSPS) is 11.3. The van der Waals surface area contributed by atoms with Gasteiger partial charge in [0, 0.05) is 16.7 Å². The Labute approximate surface area is 170 Å². The van der Waals surface area contributed by atoms with Crippen LogP contribution in [0.2, 0.25) is 0 Å². The first-order valence-corrected chi connectivity index (χ1v) is 9.06. The number of nitrogens with one attached hydrogen (secondary N) is 1. The number of hydrogen-bond acceptors (Lipinski definition) is 2. The number of anilines is 1. The van der Waals surface area contributed by atoms with E-state index in [-0.39, 0.29) is 17.8 Å². The molecule has 3 rings (SSSR count). The summed E-state index contributed by atoms with van der Waals surface area (Å²) in [6, 6.07) is 11.0. The topological polar surface area (TPSA) is 51.1 Å². The quantitative estimate of drug-likeness (QED) is 0.543. The van der Waals surface area contributed by atoms with Gasteiger partial charge in [0.2, 0.25) is 0 Å². The largest absolute Gasteiger partial charge is 0.416 e.